The second-order valence-corrected chi connectivity index (χ2v) is 7.15. The first-order valence-electron chi connectivity index (χ1n) is 8.47. The standard InChI is InChI=1S/C21H24/c1-15-10-11-16(12-15)13-21-19-8-4-2-6-17(19)14-18-7-3-5-9-20(18)21/h2-9,15-16,21H,10-14H2,1H3. The summed E-state index contributed by atoms with van der Waals surface area (Å²) in [6.45, 7) is 2.42. The van der Waals surface area contributed by atoms with Crippen molar-refractivity contribution in [2.75, 3.05) is 0 Å². The highest BCUT2D eigenvalue weighted by atomic mass is 14.3. The smallest absolute Gasteiger partial charge is 0.00976 e. The van der Waals surface area contributed by atoms with Gasteiger partial charge in [-0.15, -0.1) is 0 Å². The molecule has 2 aliphatic rings. The lowest BCUT2D eigenvalue weighted by Gasteiger charge is -2.30. The molecule has 0 spiro atoms. The molecule has 0 nitrogen and oxygen atoms in total. The minimum absolute atomic E-state index is 0.626. The van der Waals surface area contributed by atoms with E-state index >= 15 is 0 Å². The zero-order valence-electron chi connectivity index (χ0n) is 12.9. The van der Waals surface area contributed by atoms with Crippen LogP contribution in [0, 0.1) is 11.8 Å². The van der Waals surface area contributed by atoms with Crippen LogP contribution in [-0.4, -0.2) is 0 Å². The van der Waals surface area contributed by atoms with Crippen molar-refractivity contribution < 1.29 is 0 Å². The van der Waals surface area contributed by atoms with Crippen molar-refractivity contribution in [3.8, 4) is 0 Å². The molecule has 0 aromatic heterocycles. The van der Waals surface area contributed by atoms with Crippen LogP contribution >= 0.6 is 0 Å². The minimum atomic E-state index is 0.626. The molecule has 0 bridgehead atoms. The Bertz CT molecular complexity index is 594. The van der Waals surface area contributed by atoms with Crippen molar-refractivity contribution in [3.63, 3.8) is 0 Å². The molecular weight excluding hydrogens is 252 g/mol. The summed E-state index contributed by atoms with van der Waals surface area (Å²) in [5.74, 6) is 2.48. The van der Waals surface area contributed by atoms with Crippen molar-refractivity contribution in [2.45, 2.75) is 44.9 Å². The van der Waals surface area contributed by atoms with Crippen molar-refractivity contribution >= 4 is 0 Å². The molecule has 2 aromatic carbocycles. The van der Waals surface area contributed by atoms with Gasteiger partial charge in [0.15, 0.2) is 0 Å². The number of fused-ring (bicyclic) bond motifs is 2. The number of hydrogen-bond donors (Lipinski definition) is 0. The fraction of sp³-hybridized carbons (Fsp3) is 0.429. The Balaban J connectivity index is 1.71. The van der Waals surface area contributed by atoms with Gasteiger partial charge >= 0.3 is 0 Å². The molecule has 0 heteroatoms. The molecule has 1 saturated carbocycles. The summed E-state index contributed by atoms with van der Waals surface area (Å²) in [4.78, 5) is 0. The van der Waals surface area contributed by atoms with E-state index in [-0.39, 0.29) is 0 Å². The molecule has 0 amide bonds. The summed E-state index contributed by atoms with van der Waals surface area (Å²) in [5.41, 5.74) is 6.28. The predicted octanol–water partition coefficient (Wildman–Crippen LogP) is 5.55. The molecule has 0 radical (unpaired) electrons. The molecular formula is C21H24. The first-order valence-corrected chi connectivity index (χ1v) is 8.47. The van der Waals surface area contributed by atoms with Gasteiger partial charge in [-0.05, 0) is 53.4 Å². The average Bonchev–Trinajstić information content (AvgIpc) is 2.92. The van der Waals surface area contributed by atoms with Crippen molar-refractivity contribution in [3.05, 3.63) is 70.8 Å². The van der Waals surface area contributed by atoms with E-state index in [1.165, 1.54) is 25.7 Å². The normalized spacial score (nSPS) is 24.6. The Kier molecular flexibility index (Phi) is 3.33. The zero-order chi connectivity index (χ0) is 14.2. The van der Waals surface area contributed by atoms with Gasteiger partial charge in [0.1, 0.15) is 0 Å². The Morgan fingerprint density at radius 1 is 0.857 bits per heavy atom. The third kappa shape index (κ3) is 2.41. The highest BCUT2D eigenvalue weighted by Crippen LogP contribution is 2.44. The van der Waals surface area contributed by atoms with Gasteiger partial charge in [-0.1, -0.05) is 68.3 Å². The average molecular weight is 276 g/mol. The van der Waals surface area contributed by atoms with Crippen molar-refractivity contribution in [1.82, 2.24) is 0 Å². The van der Waals surface area contributed by atoms with Crippen LogP contribution in [0.25, 0.3) is 0 Å². The lowest BCUT2D eigenvalue weighted by Crippen LogP contribution is -2.16. The largest absolute Gasteiger partial charge is 0.0625 e. The summed E-state index contributed by atoms with van der Waals surface area (Å²) in [7, 11) is 0. The van der Waals surface area contributed by atoms with Crippen LogP contribution in [0.15, 0.2) is 48.5 Å². The number of rotatable bonds is 2. The van der Waals surface area contributed by atoms with Crippen LogP contribution in [0.1, 0.15) is 60.8 Å². The van der Waals surface area contributed by atoms with Crippen LogP contribution in [0.5, 0.6) is 0 Å². The van der Waals surface area contributed by atoms with Crippen LogP contribution < -0.4 is 0 Å². The molecule has 108 valence electrons. The summed E-state index contributed by atoms with van der Waals surface area (Å²) >= 11 is 0. The SMILES string of the molecule is CC1CCC(CC2c3ccccc3Cc3ccccc32)C1. The molecule has 0 aliphatic heterocycles. The van der Waals surface area contributed by atoms with Gasteiger partial charge in [-0.25, -0.2) is 0 Å². The summed E-state index contributed by atoms with van der Waals surface area (Å²) < 4.78 is 0. The van der Waals surface area contributed by atoms with Gasteiger partial charge in [0, 0.05) is 5.92 Å². The van der Waals surface area contributed by atoms with Crippen LogP contribution in [0.3, 0.4) is 0 Å². The number of benzene rings is 2. The Labute approximate surface area is 128 Å². The van der Waals surface area contributed by atoms with E-state index in [4.69, 9.17) is 0 Å². The Morgan fingerprint density at radius 3 is 2.05 bits per heavy atom. The molecule has 21 heavy (non-hydrogen) atoms. The highest BCUT2D eigenvalue weighted by molar-refractivity contribution is 5.49. The second kappa shape index (κ2) is 5.33. The van der Waals surface area contributed by atoms with Gasteiger partial charge in [-0.2, -0.15) is 0 Å². The van der Waals surface area contributed by atoms with Gasteiger partial charge in [0.2, 0.25) is 0 Å². The minimum Gasteiger partial charge on any atom is -0.0625 e. The topological polar surface area (TPSA) is 0 Å². The molecule has 2 aromatic rings. The van der Waals surface area contributed by atoms with Gasteiger partial charge in [0.05, 0.1) is 0 Å². The van der Waals surface area contributed by atoms with E-state index in [1.807, 2.05) is 0 Å². The third-order valence-corrected chi connectivity index (χ3v) is 5.61. The Morgan fingerprint density at radius 2 is 1.48 bits per heavy atom. The monoisotopic (exact) mass is 276 g/mol. The first kappa shape index (κ1) is 13.1. The first-order chi connectivity index (χ1) is 10.3. The Hall–Kier alpha value is -1.56. The van der Waals surface area contributed by atoms with Gasteiger partial charge < -0.3 is 0 Å². The lowest BCUT2D eigenvalue weighted by molar-refractivity contribution is 0.451. The molecule has 0 N–H and O–H groups in total. The molecule has 4 rings (SSSR count). The molecule has 2 atom stereocenters. The van der Waals surface area contributed by atoms with Gasteiger partial charge in [-0.3, -0.25) is 0 Å². The maximum absolute atomic E-state index is 2.42. The van der Waals surface area contributed by atoms with E-state index in [1.54, 1.807) is 22.3 Å². The molecule has 0 saturated heterocycles. The van der Waals surface area contributed by atoms with E-state index in [0.717, 1.165) is 18.3 Å². The quantitative estimate of drug-likeness (QED) is 0.674. The van der Waals surface area contributed by atoms with E-state index in [2.05, 4.69) is 55.5 Å². The molecule has 1 fully saturated rings. The summed E-state index contributed by atoms with van der Waals surface area (Å²) in [6, 6.07) is 18.2. The fourth-order valence-corrected chi connectivity index (χ4v) is 4.57. The molecule has 0 heterocycles. The van der Waals surface area contributed by atoms with Crippen LogP contribution in [0.4, 0.5) is 0 Å². The predicted molar refractivity (Wildman–Crippen MR) is 88.7 cm³/mol. The van der Waals surface area contributed by atoms with Crippen LogP contribution in [-0.2, 0) is 6.42 Å². The zero-order valence-corrected chi connectivity index (χ0v) is 12.9. The maximum Gasteiger partial charge on any atom is 0.00976 e. The van der Waals surface area contributed by atoms with E-state index < -0.39 is 0 Å². The van der Waals surface area contributed by atoms with Gasteiger partial charge in [0.25, 0.3) is 0 Å². The number of hydrogen-bond acceptors (Lipinski definition) is 0. The second-order valence-electron chi connectivity index (χ2n) is 7.15. The van der Waals surface area contributed by atoms with E-state index in [9.17, 15) is 0 Å². The molecule has 2 aliphatic carbocycles. The summed E-state index contributed by atoms with van der Waals surface area (Å²) in [5, 5.41) is 0. The third-order valence-electron chi connectivity index (χ3n) is 5.61. The summed E-state index contributed by atoms with van der Waals surface area (Å²) in [6.07, 6.45) is 6.76. The van der Waals surface area contributed by atoms with Crippen molar-refractivity contribution in [1.29, 1.82) is 0 Å². The van der Waals surface area contributed by atoms with Crippen molar-refractivity contribution in [2.24, 2.45) is 11.8 Å². The van der Waals surface area contributed by atoms with Crippen LogP contribution in [0.2, 0.25) is 0 Å². The fourth-order valence-electron chi connectivity index (χ4n) is 4.57. The van der Waals surface area contributed by atoms with E-state index in [0.29, 0.717) is 5.92 Å². The highest BCUT2D eigenvalue weighted by Gasteiger charge is 2.30. The molecule has 2 unspecified atom stereocenters. The maximum atomic E-state index is 2.42. The lowest BCUT2D eigenvalue weighted by atomic mass is 9.74.